The number of aliphatic hydroxyl groups is 1. The molecule has 0 aliphatic heterocycles. The Hall–Kier alpha value is 0.150. The number of nitrogens with one attached hydrogen (secondary N) is 1. The lowest BCUT2D eigenvalue weighted by Crippen LogP contribution is -2.25. The highest BCUT2D eigenvalue weighted by atomic mass is 127. The van der Waals surface area contributed by atoms with Crippen molar-refractivity contribution in [1.82, 2.24) is 0 Å². The van der Waals surface area contributed by atoms with Gasteiger partial charge in [-0.3, -0.25) is 0 Å². The molecule has 0 aliphatic carbocycles. The van der Waals surface area contributed by atoms with Crippen molar-refractivity contribution in [1.29, 1.82) is 0 Å². The number of anilines is 1. The summed E-state index contributed by atoms with van der Waals surface area (Å²) in [6.07, 6.45) is 1.68. The number of halogens is 2. The van der Waals surface area contributed by atoms with Crippen LogP contribution in [0.5, 0.6) is 0 Å². The molecule has 2 N–H and O–H groups in total. The predicted octanol–water partition coefficient (Wildman–Crippen LogP) is 3.64. The lowest BCUT2D eigenvalue weighted by molar-refractivity contribution is 0.0421. The van der Waals surface area contributed by atoms with Gasteiger partial charge in [0.2, 0.25) is 0 Å². The maximum absolute atomic E-state index is 9.77. The molecule has 3 nitrogen and oxygen atoms in total. The van der Waals surface area contributed by atoms with Crippen molar-refractivity contribution in [2.24, 2.45) is 0 Å². The summed E-state index contributed by atoms with van der Waals surface area (Å²) >= 11 is 5.74. The fraction of sp³-hybridized carbons (Fsp3) is 0.538. The summed E-state index contributed by atoms with van der Waals surface area (Å²) < 4.78 is 7.54. The number of benzene rings is 1. The van der Waals surface area contributed by atoms with E-state index in [0.717, 1.165) is 33.2 Å². The van der Waals surface area contributed by atoms with Gasteiger partial charge in [0.1, 0.15) is 0 Å². The first-order chi connectivity index (χ1) is 8.63. The van der Waals surface area contributed by atoms with Gasteiger partial charge in [0, 0.05) is 26.9 Å². The predicted molar refractivity (Wildman–Crippen MR) is 87.1 cm³/mol. The molecule has 1 atom stereocenters. The van der Waals surface area contributed by atoms with Crippen LogP contribution in [0.25, 0.3) is 0 Å². The average molecular weight is 428 g/mol. The van der Waals surface area contributed by atoms with Crippen molar-refractivity contribution >= 4 is 44.2 Å². The van der Waals surface area contributed by atoms with Crippen LogP contribution in [0, 0.1) is 3.57 Å². The molecule has 1 aromatic carbocycles. The summed E-state index contributed by atoms with van der Waals surface area (Å²) in [5.74, 6) is 0. The monoisotopic (exact) mass is 427 g/mol. The number of aliphatic hydroxyl groups excluding tert-OH is 1. The number of unbranched alkanes of at least 4 members (excludes halogenated alkanes) is 1. The third-order valence-electron chi connectivity index (χ3n) is 2.41. The van der Waals surface area contributed by atoms with Gasteiger partial charge in [-0.05, 0) is 63.1 Å². The summed E-state index contributed by atoms with van der Waals surface area (Å²) in [6, 6.07) is 6.06. The van der Waals surface area contributed by atoms with E-state index < -0.39 is 6.10 Å². The van der Waals surface area contributed by atoms with Crippen LogP contribution in [0.4, 0.5) is 5.69 Å². The SMILES string of the molecule is CCCCOCC(O)CNc1cc(I)ccc1Br. The van der Waals surface area contributed by atoms with Gasteiger partial charge in [-0.2, -0.15) is 0 Å². The Morgan fingerprint density at radius 1 is 1.50 bits per heavy atom. The number of hydrogen-bond acceptors (Lipinski definition) is 3. The standard InChI is InChI=1S/C13H19BrINO2/c1-2-3-6-18-9-11(17)8-16-13-7-10(15)4-5-12(13)14/h4-5,7,11,16-17H,2-3,6,8-9H2,1H3. The van der Waals surface area contributed by atoms with Crippen LogP contribution in [0.2, 0.25) is 0 Å². The highest BCUT2D eigenvalue weighted by Gasteiger charge is 2.06. The van der Waals surface area contributed by atoms with E-state index in [1.54, 1.807) is 0 Å². The van der Waals surface area contributed by atoms with E-state index in [4.69, 9.17) is 4.74 Å². The molecule has 18 heavy (non-hydrogen) atoms. The quantitative estimate of drug-likeness (QED) is 0.491. The van der Waals surface area contributed by atoms with Crippen LogP contribution in [0.3, 0.4) is 0 Å². The van der Waals surface area contributed by atoms with Gasteiger partial charge in [0.05, 0.1) is 12.7 Å². The largest absolute Gasteiger partial charge is 0.389 e. The average Bonchev–Trinajstić information content (AvgIpc) is 2.36. The zero-order valence-corrected chi connectivity index (χ0v) is 14.2. The molecule has 1 rings (SSSR count). The number of rotatable bonds is 8. The first kappa shape index (κ1) is 16.2. The van der Waals surface area contributed by atoms with E-state index >= 15 is 0 Å². The van der Waals surface area contributed by atoms with Gasteiger partial charge >= 0.3 is 0 Å². The van der Waals surface area contributed by atoms with Gasteiger partial charge in [-0.15, -0.1) is 0 Å². The molecule has 1 unspecified atom stereocenters. The van der Waals surface area contributed by atoms with Gasteiger partial charge in [0.15, 0.2) is 0 Å². The molecular formula is C13H19BrINO2. The number of ether oxygens (including phenoxy) is 1. The number of hydrogen-bond donors (Lipinski definition) is 2. The van der Waals surface area contributed by atoms with Gasteiger partial charge in [-0.1, -0.05) is 13.3 Å². The van der Waals surface area contributed by atoms with Gasteiger partial charge in [-0.25, -0.2) is 0 Å². The van der Waals surface area contributed by atoms with E-state index in [0.29, 0.717) is 13.2 Å². The van der Waals surface area contributed by atoms with Crippen LogP contribution < -0.4 is 5.32 Å². The first-order valence-corrected chi connectivity index (χ1v) is 7.95. The summed E-state index contributed by atoms with van der Waals surface area (Å²) in [7, 11) is 0. The lowest BCUT2D eigenvalue weighted by Gasteiger charge is -2.14. The van der Waals surface area contributed by atoms with Crippen molar-refractivity contribution in [2.75, 3.05) is 25.1 Å². The molecule has 0 saturated heterocycles. The van der Waals surface area contributed by atoms with Crippen molar-refractivity contribution in [3.05, 3.63) is 26.2 Å². The molecular weight excluding hydrogens is 409 g/mol. The summed E-state index contributed by atoms with van der Waals surface area (Å²) in [4.78, 5) is 0. The molecule has 0 bridgehead atoms. The molecule has 0 radical (unpaired) electrons. The van der Waals surface area contributed by atoms with Crippen LogP contribution in [0.15, 0.2) is 22.7 Å². The molecule has 0 fully saturated rings. The third-order valence-corrected chi connectivity index (χ3v) is 3.77. The maximum atomic E-state index is 9.77. The molecule has 0 saturated carbocycles. The van der Waals surface area contributed by atoms with Crippen molar-refractivity contribution in [3.63, 3.8) is 0 Å². The Morgan fingerprint density at radius 2 is 2.28 bits per heavy atom. The Bertz CT molecular complexity index is 363. The molecule has 1 aromatic rings. The minimum atomic E-state index is -0.480. The van der Waals surface area contributed by atoms with E-state index in [-0.39, 0.29) is 0 Å². The highest BCUT2D eigenvalue weighted by molar-refractivity contribution is 14.1. The van der Waals surface area contributed by atoms with E-state index in [1.165, 1.54) is 0 Å². The van der Waals surface area contributed by atoms with Crippen molar-refractivity contribution in [3.8, 4) is 0 Å². The lowest BCUT2D eigenvalue weighted by atomic mass is 10.3. The first-order valence-electron chi connectivity index (χ1n) is 6.08. The Morgan fingerprint density at radius 3 is 3.00 bits per heavy atom. The smallest absolute Gasteiger partial charge is 0.0945 e. The topological polar surface area (TPSA) is 41.5 Å². The van der Waals surface area contributed by atoms with Gasteiger partial charge in [0.25, 0.3) is 0 Å². The third kappa shape index (κ3) is 6.36. The van der Waals surface area contributed by atoms with Crippen LogP contribution in [-0.2, 0) is 4.74 Å². The van der Waals surface area contributed by atoms with E-state index in [1.807, 2.05) is 18.2 Å². The molecule has 0 amide bonds. The molecule has 5 heteroatoms. The fourth-order valence-corrected chi connectivity index (χ4v) is 2.26. The van der Waals surface area contributed by atoms with Crippen LogP contribution >= 0.6 is 38.5 Å². The normalized spacial score (nSPS) is 12.4. The molecule has 0 aromatic heterocycles. The van der Waals surface area contributed by atoms with Gasteiger partial charge < -0.3 is 15.2 Å². The molecule has 102 valence electrons. The van der Waals surface area contributed by atoms with E-state index in [2.05, 4.69) is 50.8 Å². The second kappa shape index (κ2) is 9.12. The zero-order chi connectivity index (χ0) is 13.4. The molecule has 0 heterocycles. The van der Waals surface area contributed by atoms with Crippen molar-refractivity contribution < 1.29 is 9.84 Å². The second-order valence-corrected chi connectivity index (χ2v) is 6.19. The molecule has 0 aliphatic rings. The maximum Gasteiger partial charge on any atom is 0.0945 e. The zero-order valence-electron chi connectivity index (χ0n) is 10.5. The fourth-order valence-electron chi connectivity index (χ4n) is 1.39. The van der Waals surface area contributed by atoms with Crippen LogP contribution in [-0.4, -0.2) is 31.0 Å². The summed E-state index contributed by atoms with van der Waals surface area (Å²) in [5.41, 5.74) is 0.995. The Kier molecular flexibility index (Phi) is 8.21. The van der Waals surface area contributed by atoms with Crippen LogP contribution in [0.1, 0.15) is 19.8 Å². The Labute approximate surface area is 131 Å². The second-order valence-electron chi connectivity index (χ2n) is 4.09. The van der Waals surface area contributed by atoms with E-state index in [9.17, 15) is 5.11 Å². The highest BCUT2D eigenvalue weighted by Crippen LogP contribution is 2.24. The minimum Gasteiger partial charge on any atom is -0.389 e. The summed E-state index contributed by atoms with van der Waals surface area (Å²) in [5, 5.41) is 13.0. The summed E-state index contributed by atoms with van der Waals surface area (Å²) in [6.45, 7) is 3.72. The minimum absolute atomic E-state index is 0.383. The van der Waals surface area contributed by atoms with Crippen molar-refractivity contribution in [2.45, 2.75) is 25.9 Å². The Balaban J connectivity index is 2.29. The molecule has 0 spiro atoms.